The smallest absolute Gasteiger partial charge is 0.322 e. The third kappa shape index (κ3) is 5.10. The molecule has 1 saturated heterocycles. The molecule has 2 aromatic carbocycles. The summed E-state index contributed by atoms with van der Waals surface area (Å²) in [6, 6.07) is 9.51. The van der Waals surface area contributed by atoms with Gasteiger partial charge in [0.1, 0.15) is 0 Å². The number of nitrogens with one attached hydrogen (secondary N) is 1. The topological polar surface area (TPSA) is 35.6 Å². The van der Waals surface area contributed by atoms with Crippen LogP contribution in [-0.2, 0) is 12.7 Å². The number of piperazine rings is 1. The summed E-state index contributed by atoms with van der Waals surface area (Å²) in [5.74, 6) is 0. The van der Waals surface area contributed by atoms with Crippen LogP contribution < -0.4 is 5.32 Å². The molecule has 0 radical (unpaired) electrons. The molecule has 9 heteroatoms. The van der Waals surface area contributed by atoms with Crippen molar-refractivity contribution in [2.45, 2.75) is 12.7 Å². The standard InChI is InChI=1S/C19H18Cl2F3N3O/c20-16-5-2-6-17(21)15(16)12-26-7-9-27(10-8-26)18(28)25-14-4-1-3-13(11-14)19(22,23)24/h1-6,11H,7-10,12H2,(H,25,28). The maximum absolute atomic E-state index is 12.8. The zero-order chi connectivity index (χ0) is 20.3. The minimum absolute atomic E-state index is 0.116. The molecule has 0 spiro atoms. The fourth-order valence-electron chi connectivity index (χ4n) is 2.99. The first kappa shape index (κ1) is 20.8. The Morgan fingerprint density at radius 1 is 1.00 bits per heavy atom. The van der Waals surface area contributed by atoms with Crippen molar-refractivity contribution in [1.29, 1.82) is 0 Å². The molecule has 4 nitrogen and oxygen atoms in total. The number of hydrogen-bond acceptors (Lipinski definition) is 2. The molecule has 0 unspecified atom stereocenters. The van der Waals surface area contributed by atoms with Gasteiger partial charge in [-0.1, -0.05) is 35.3 Å². The highest BCUT2D eigenvalue weighted by atomic mass is 35.5. The lowest BCUT2D eigenvalue weighted by molar-refractivity contribution is -0.137. The van der Waals surface area contributed by atoms with Crippen LogP contribution in [0, 0.1) is 0 Å². The van der Waals surface area contributed by atoms with Gasteiger partial charge in [-0.2, -0.15) is 13.2 Å². The highest BCUT2D eigenvalue weighted by molar-refractivity contribution is 6.35. The van der Waals surface area contributed by atoms with E-state index < -0.39 is 17.8 Å². The molecular weight excluding hydrogens is 414 g/mol. The average Bonchev–Trinajstić information content (AvgIpc) is 2.65. The Morgan fingerprint density at radius 3 is 2.21 bits per heavy atom. The largest absolute Gasteiger partial charge is 0.416 e. The summed E-state index contributed by atoms with van der Waals surface area (Å²) < 4.78 is 38.4. The molecule has 150 valence electrons. The first-order valence-corrected chi connectivity index (χ1v) is 9.38. The number of benzene rings is 2. The molecule has 0 bridgehead atoms. The van der Waals surface area contributed by atoms with Gasteiger partial charge in [-0.25, -0.2) is 4.79 Å². The first-order chi connectivity index (χ1) is 13.2. The second kappa shape index (κ2) is 8.59. The number of urea groups is 1. The molecule has 1 N–H and O–H groups in total. The fourth-order valence-corrected chi connectivity index (χ4v) is 3.51. The quantitative estimate of drug-likeness (QED) is 0.709. The SMILES string of the molecule is O=C(Nc1cccc(C(F)(F)F)c1)N1CCN(Cc2c(Cl)cccc2Cl)CC1. The highest BCUT2D eigenvalue weighted by Crippen LogP contribution is 2.31. The maximum Gasteiger partial charge on any atom is 0.416 e. The van der Waals surface area contributed by atoms with Crippen LogP contribution in [0.5, 0.6) is 0 Å². The molecule has 1 fully saturated rings. The van der Waals surface area contributed by atoms with E-state index in [2.05, 4.69) is 10.2 Å². The van der Waals surface area contributed by atoms with Crippen LogP contribution in [0.2, 0.25) is 10.0 Å². The minimum atomic E-state index is -4.45. The van der Waals surface area contributed by atoms with Gasteiger partial charge in [0.2, 0.25) is 0 Å². The minimum Gasteiger partial charge on any atom is -0.322 e. The Morgan fingerprint density at radius 2 is 1.61 bits per heavy atom. The van der Waals surface area contributed by atoms with Crippen molar-refractivity contribution in [2.75, 3.05) is 31.5 Å². The van der Waals surface area contributed by atoms with Crippen molar-refractivity contribution in [3.05, 3.63) is 63.6 Å². The lowest BCUT2D eigenvalue weighted by Crippen LogP contribution is -2.49. The number of halogens is 5. The van der Waals surface area contributed by atoms with Gasteiger partial charge in [-0.15, -0.1) is 0 Å². The molecule has 0 aromatic heterocycles. The summed E-state index contributed by atoms with van der Waals surface area (Å²) in [4.78, 5) is 16.1. The second-order valence-electron chi connectivity index (χ2n) is 6.47. The van der Waals surface area contributed by atoms with Crippen molar-refractivity contribution in [2.24, 2.45) is 0 Å². The Balaban J connectivity index is 1.56. The summed E-state index contributed by atoms with van der Waals surface area (Å²) in [5.41, 5.74) is 0.157. The van der Waals surface area contributed by atoms with Crippen LogP contribution in [0.1, 0.15) is 11.1 Å². The van der Waals surface area contributed by atoms with E-state index in [0.29, 0.717) is 42.8 Å². The van der Waals surface area contributed by atoms with Crippen molar-refractivity contribution < 1.29 is 18.0 Å². The molecule has 2 aromatic rings. The summed E-state index contributed by atoms with van der Waals surface area (Å²) >= 11 is 12.4. The van der Waals surface area contributed by atoms with Gasteiger partial charge in [-0.05, 0) is 30.3 Å². The molecule has 0 aliphatic carbocycles. The highest BCUT2D eigenvalue weighted by Gasteiger charge is 2.30. The monoisotopic (exact) mass is 431 g/mol. The molecule has 28 heavy (non-hydrogen) atoms. The number of hydrogen-bond donors (Lipinski definition) is 1. The number of anilines is 1. The van der Waals surface area contributed by atoms with Gasteiger partial charge in [0.25, 0.3) is 0 Å². The summed E-state index contributed by atoms with van der Waals surface area (Å²) in [5, 5.41) is 3.72. The van der Waals surface area contributed by atoms with Crippen LogP contribution in [0.15, 0.2) is 42.5 Å². The van der Waals surface area contributed by atoms with Crippen LogP contribution in [0.25, 0.3) is 0 Å². The van der Waals surface area contributed by atoms with E-state index in [9.17, 15) is 18.0 Å². The number of alkyl halides is 3. The van der Waals surface area contributed by atoms with Crippen LogP contribution in [0.4, 0.5) is 23.7 Å². The van der Waals surface area contributed by atoms with Crippen molar-refractivity contribution in [1.82, 2.24) is 9.80 Å². The number of carbonyl (C=O) groups excluding carboxylic acids is 1. The van der Waals surface area contributed by atoms with Gasteiger partial charge < -0.3 is 10.2 Å². The molecule has 3 rings (SSSR count). The van der Waals surface area contributed by atoms with E-state index in [4.69, 9.17) is 23.2 Å². The Bertz CT molecular complexity index is 832. The molecule has 0 saturated carbocycles. The van der Waals surface area contributed by atoms with Crippen LogP contribution in [0.3, 0.4) is 0 Å². The van der Waals surface area contributed by atoms with E-state index in [1.54, 1.807) is 23.1 Å². The summed E-state index contributed by atoms with van der Waals surface area (Å²) in [6.45, 7) is 2.69. The van der Waals surface area contributed by atoms with Crippen molar-refractivity contribution in [3.8, 4) is 0 Å². The predicted molar refractivity (Wildman–Crippen MR) is 104 cm³/mol. The average molecular weight is 432 g/mol. The van der Waals surface area contributed by atoms with Crippen molar-refractivity contribution in [3.63, 3.8) is 0 Å². The third-order valence-electron chi connectivity index (χ3n) is 4.54. The van der Waals surface area contributed by atoms with E-state index in [0.717, 1.165) is 17.7 Å². The number of amides is 2. The summed E-state index contributed by atoms with van der Waals surface area (Å²) in [6.07, 6.45) is -4.45. The number of nitrogens with zero attached hydrogens (tertiary/aromatic N) is 2. The lowest BCUT2D eigenvalue weighted by Gasteiger charge is -2.35. The van der Waals surface area contributed by atoms with Crippen molar-refractivity contribution >= 4 is 34.9 Å². The maximum atomic E-state index is 12.8. The molecule has 1 aliphatic heterocycles. The molecule has 1 heterocycles. The number of carbonyl (C=O) groups is 1. The van der Waals surface area contributed by atoms with E-state index in [-0.39, 0.29) is 5.69 Å². The molecule has 1 aliphatic rings. The van der Waals surface area contributed by atoms with Gasteiger partial charge >= 0.3 is 12.2 Å². The van der Waals surface area contributed by atoms with Crippen LogP contribution in [-0.4, -0.2) is 42.0 Å². The molecule has 0 atom stereocenters. The van der Waals surface area contributed by atoms with Crippen LogP contribution >= 0.6 is 23.2 Å². The second-order valence-corrected chi connectivity index (χ2v) is 7.29. The van der Waals surface area contributed by atoms with Gasteiger partial charge in [0.05, 0.1) is 5.56 Å². The fraction of sp³-hybridized carbons (Fsp3) is 0.316. The predicted octanol–water partition coefficient (Wildman–Crippen LogP) is 5.36. The van der Waals surface area contributed by atoms with Gasteiger partial charge in [0, 0.05) is 54.0 Å². The molecular formula is C19H18Cl2F3N3O. The lowest BCUT2D eigenvalue weighted by atomic mass is 10.2. The van der Waals surface area contributed by atoms with E-state index in [1.165, 1.54) is 12.1 Å². The third-order valence-corrected chi connectivity index (χ3v) is 5.25. The van der Waals surface area contributed by atoms with Gasteiger partial charge in [-0.3, -0.25) is 4.90 Å². The zero-order valence-electron chi connectivity index (χ0n) is 14.8. The normalized spacial score (nSPS) is 15.5. The zero-order valence-corrected chi connectivity index (χ0v) is 16.3. The first-order valence-electron chi connectivity index (χ1n) is 8.62. The molecule has 2 amide bonds. The summed E-state index contributed by atoms with van der Waals surface area (Å²) in [7, 11) is 0. The van der Waals surface area contributed by atoms with E-state index in [1.807, 2.05) is 0 Å². The Labute approximate surface area is 170 Å². The van der Waals surface area contributed by atoms with E-state index >= 15 is 0 Å². The van der Waals surface area contributed by atoms with Gasteiger partial charge in [0.15, 0.2) is 0 Å². The number of rotatable bonds is 3. The Hall–Kier alpha value is -1.96. The Kier molecular flexibility index (Phi) is 6.37.